The smallest absolute Gasteiger partial charge is 0.234 e. The van der Waals surface area contributed by atoms with Crippen molar-refractivity contribution in [2.75, 3.05) is 40.4 Å². The molecule has 0 aliphatic heterocycles. The van der Waals surface area contributed by atoms with Crippen molar-refractivity contribution < 1.29 is 14.3 Å². The lowest BCUT2D eigenvalue weighted by molar-refractivity contribution is -0.146. The topological polar surface area (TPSA) is 49.9 Å². The predicted molar refractivity (Wildman–Crippen MR) is 173 cm³/mol. The van der Waals surface area contributed by atoms with Gasteiger partial charge in [-0.1, -0.05) is 143 Å². The first-order valence-corrected chi connectivity index (χ1v) is 17.6. The molecule has 0 atom stereocenters. The Kier molecular flexibility index (Phi) is 28.6. The maximum atomic E-state index is 13.4. The highest BCUT2D eigenvalue weighted by atomic mass is 16.5. The standard InChI is InChI=1S/C35H70N2O3/c1-6-9-12-15-18-19-20-21-24-27-31-40-32-28-33(34(38)36(4)29-25-22-16-13-10-7-2)35(39)37(5)30-26-23-17-14-11-8-3/h33H,6-32H2,1-5H3. The van der Waals surface area contributed by atoms with E-state index in [1.165, 1.54) is 109 Å². The molecule has 40 heavy (non-hydrogen) atoms. The van der Waals surface area contributed by atoms with Crippen molar-refractivity contribution in [2.24, 2.45) is 5.92 Å². The van der Waals surface area contributed by atoms with Gasteiger partial charge in [0.2, 0.25) is 11.8 Å². The fourth-order valence-corrected chi connectivity index (χ4v) is 5.36. The zero-order chi connectivity index (χ0) is 29.7. The van der Waals surface area contributed by atoms with Gasteiger partial charge in [-0.2, -0.15) is 0 Å². The van der Waals surface area contributed by atoms with Crippen LogP contribution in [0.15, 0.2) is 0 Å². The Morgan fingerprint density at radius 1 is 0.475 bits per heavy atom. The van der Waals surface area contributed by atoms with Crippen molar-refractivity contribution in [2.45, 2.75) is 168 Å². The van der Waals surface area contributed by atoms with E-state index in [2.05, 4.69) is 20.8 Å². The molecule has 238 valence electrons. The van der Waals surface area contributed by atoms with Crippen LogP contribution in [0.4, 0.5) is 0 Å². The second kappa shape index (κ2) is 29.4. The maximum absolute atomic E-state index is 13.4. The molecule has 0 aromatic rings. The zero-order valence-corrected chi connectivity index (χ0v) is 27.8. The van der Waals surface area contributed by atoms with E-state index in [4.69, 9.17) is 4.74 Å². The molecule has 0 bridgehead atoms. The summed E-state index contributed by atoms with van der Waals surface area (Å²) in [7, 11) is 3.74. The third-order valence-corrected chi connectivity index (χ3v) is 8.24. The molecule has 0 spiro atoms. The number of carbonyl (C=O) groups is 2. The lowest BCUT2D eigenvalue weighted by Gasteiger charge is -2.27. The van der Waals surface area contributed by atoms with Crippen LogP contribution in [-0.4, -0.2) is 62.0 Å². The summed E-state index contributed by atoms with van der Waals surface area (Å²) >= 11 is 0. The van der Waals surface area contributed by atoms with Gasteiger partial charge in [0.25, 0.3) is 0 Å². The highest BCUT2D eigenvalue weighted by Gasteiger charge is 2.31. The maximum Gasteiger partial charge on any atom is 0.234 e. The molecular weight excluding hydrogens is 496 g/mol. The zero-order valence-electron chi connectivity index (χ0n) is 27.8. The van der Waals surface area contributed by atoms with Crippen LogP contribution in [-0.2, 0) is 14.3 Å². The van der Waals surface area contributed by atoms with E-state index in [-0.39, 0.29) is 11.8 Å². The van der Waals surface area contributed by atoms with Crippen molar-refractivity contribution in [3.05, 3.63) is 0 Å². The molecule has 2 amide bonds. The predicted octanol–water partition coefficient (Wildman–Crippen LogP) is 9.57. The van der Waals surface area contributed by atoms with Gasteiger partial charge < -0.3 is 14.5 Å². The van der Waals surface area contributed by atoms with Crippen molar-refractivity contribution >= 4 is 11.8 Å². The monoisotopic (exact) mass is 567 g/mol. The number of ether oxygens (including phenoxy) is 1. The highest BCUT2D eigenvalue weighted by molar-refractivity contribution is 6.00. The fraction of sp³-hybridized carbons (Fsp3) is 0.943. The molecule has 0 N–H and O–H groups in total. The average molecular weight is 567 g/mol. The molecule has 0 aromatic carbocycles. The van der Waals surface area contributed by atoms with E-state index in [0.717, 1.165) is 51.8 Å². The number of amides is 2. The summed E-state index contributed by atoms with van der Waals surface area (Å²) in [5.74, 6) is -0.685. The highest BCUT2D eigenvalue weighted by Crippen LogP contribution is 2.15. The summed E-state index contributed by atoms with van der Waals surface area (Å²) < 4.78 is 5.93. The Hall–Kier alpha value is -1.10. The summed E-state index contributed by atoms with van der Waals surface area (Å²) in [5, 5.41) is 0. The van der Waals surface area contributed by atoms with E-state index in [0.29, 0.717) is 13.0 Å². The van der Waals surface area contributed by atoms with Gasteiger partial charge in [-0.05, 0) is 25.7 Å². The van der Waals surface area contributed by atoms with Crippen molar-refractivity contribution in [3.8, 4) is 0 Å². The van der Waals surface area contributed by atoms with Gasteiger partial charge in [-0.3, -0.25) is 9.59 Å². The molecule has 0 saturated carbocycles. The van der Waals surface area contributed by atoms with Gasteiger partial charge in [-0.15, -0.1) is 0 Å². The van der Waals surface area contributed by atoms with Crippen LogP contribution in [0.3, 0.4) is 0 Å². The van der Waals surface area contributed by atoms with Gasteiger partial charge in [-0.25, -0.2) is 0 Å². The Labute approximate surface area is 250 Å². The van der Waals surface area contributed by atoms with Crippen molar-refractivity contribution in [1.82, 2.24) is 9.80 Å². The summed E-state index contributed by atoms with van der Waals surface area (Å²) in [6.45, 7) is 9.40. The molecule has 0 aliphatic carbocycles. The lowest BCUT2D eigenvalue weighted by Crippen LogP contribution is -2.44. The molecule has 0 unspecified atom stereocenters. The number of hydrogen-bond donors (Lipinski definition) is 0. The van der Waals surface area contributed by atoms with Crippen LogP contribution in [0.1, 0.15) is 168 Å². The summed E-state index contributed by atoms with van der Waals surface area (Å²) in [4.78, 5) is 30.3. The molecule has 0 saturated heterocycles. The molecular formula is C35H70N2O3. The second-order valence-corrected chi connectivity index (χ2v) is 12.2. The van der Waals surface area contributed by atoms with E-state index in [9.17, 15) is 9.59 Å². The Morgan fingerprint density at radius 3 is 1.18 bits per heavy atom. The minimum atomic E-state index is -0.622. The van der Waals surface area contributed by atoms with Gasteiger partial charge in [0.05, 0.1) is 0 Å². The third kappa shape index (κ3) is 22.6. The molecule has 0 fully saturated rings. The minimum Gasteiger partial charge on any atom is -0.381 e. The van der Waals surface area contributed by atoms with Crippen molar-refractivity contribution in [3.63, 3.8) is 0 Å². The minimum absolute atomic E-state index is 0.0316. The quantitative estimate of drug-likeness (QED) is 0.0642. The van der Waals surface area contributed by atoms with Crippen molar-refractivity contribution in [1.29, 1.82) is 0 Å². The molecule has 0 rings (SSSR count). The Balaban J connectivity index is 4.49. The van der Waals surface area contributed by atoms with Gasteiger partial charge in [0.1, 0.15) is 5.92 Å². The Bertz CT molecular complexity index is 535. The number of carbonyl (C=O) groups excluding carboxylic acids is 2. The molecule has 0 aliphatic rings. The molecule has 0 radical (unpaired) electrons. The lowest BCUT2D eigenvalue weighted by atomic mass is 10.0. The van der Waals surface area contributed by atoms with Crippen LogP contribution in [0.5, 0.6) is 0 Å². The van der Waals surface area contributed by atoms with Crippen LogP contribution in [0.25, 0.3) is 0 Å². The van der Waals surface area contributed by atoms with Gasteiger partial charge >= 0.3 is 0 Å². The van der Waals surface area contributed by atoms with Gasteiger partial charge in [0.15, 0.2) is 0 Å². The SMILES string of the molecule is CCCCCCCCCCCCOCCC(C(=O)N(C)CCCCCCCC)C(=O)N(C)CCCCCCCC. The van der Waals surface area contributed by atoms with Crippen LogP contribution < -0.4 is 0 Å². The van der Waals surface area contributed by atoms with E-state index < -0.39 is 5.92 Å². The average Bonchev–Trinajstić information content (AvgIpc) is 2.96. The molecule has 5 nitrogen and oxygen atoms in total. The summed E-state index contributed by atoms with van der Waals surface area (Å²) in [6, 6.07) is 0. The first kappa shape index (κ1) is 38.9. The third-order valence-electron chi connectivity index (χ3n) is 8.24. The fourth-order valence-electron chi connectivity index (χ4n) is 5.36. The molecule has 5 heteroatoms. The number of rotatable bonds is 30. The van der Waals surface area contributed by atoms with E-state index in [1.807, 2.05) is 14.1 Å². The van der Waals surface area contributed by atoms with E-state index in [1.54, 1.807) is 9.80 Å². The second-order valence-electron chi connectivity index (χ2n) is 12.2. The molecule has 0 aromatic heterocycles. The van der Waals surface area contributed by atoms with Crippen LogP contribution in [0.2, 0.25) is 0 Å². The first-order valence-electron chi connectivity index (χ1n) is 17.6. The van der Waals surface area contributed by atoms with Crippen LogP contribution >= 0.6 is 0 Å². The number of nitrogens with zero attached hydrogens (tertiary/aromatic N) is 2. The Morgan fingerprint density at radius 2 is 0.800 bits per heavy atom. The van der Waals surface area contributed by atoms with Crippen LogP contribution in [0, 0.1) is 5.92 Å². The molecule has 0 heterocycles. The normalized spacial score (nSPS) is 11.3. The summed E-state index contributed by atoms with van der Waals surface area (Å²) in [6.07, 6.45) is 27.9. The largest absolute Gasteiger partial charge is 0.381 e. The van der Waals surface area contributed by atoms with E-state index >= 15 is 0 Å². The first-order chi connectivity index (χ1) is 19.5. The number of hydrogen-bond acceptors (Lipinski definition) is 3. The number of unbranched alkanes of at least 4 members (excludes halogenated alkanes) is 19. The summed E-state index contributed by atoms with van der Waals surface area (Å²) in [5.41, 5.74) is 0. The van der Waals surface area contributed by atoms with Gasteiger partial charge in [0, 0.05) is 40.4 Å².